The molecule has 2 amide bonds. The maximum atomic E-state index is 12.4. The van der Waals surface area contributed by atoms with E-state index in [1.165, 1.54) is 6.33 Å². The SMILES string of the molecule is COc1cc2ncnc(N(C)c3cccc(NC(=O)Nc4ccccc4)c3)c2cc1OC. The maximum Gasteiger partial charge on any atom is 0.323 e. The lowest BCUT2D eigenvalue weighted by Crippen LogP contribution is -2.19. The number of nitrogens with zero attached hydrogens (tertiary/aromatic N) is 3. The van der Waals surface area contributed by atoms with Crippen LogP contribution in [0.4, 0.5) is 27.7 Å². The van der Waals surface area contributed by atoms with Crippen molar-refractivity contribution in [1.82, 2.24) is 9.97 Å². The zero-order valence-corrected chi connectivity index (χ0v) is 18.0. The Bertz CT molecular complexity index is 1250. The van der Waals surface area contributed by atoms with Crippen LogP contribution in [0.15, 0.2) is 73.1 Å². The normalized spacial score (nSPS) is 10.5. The third-order valence-corrected chi connectivity index (χ3v) is 4.96. The van der Waals surface area contributed by atoms with Crippen molar-refractivity contribution in [3.8, 4) is 11.5 Å². The van der Waals surface area contributed by atoms with E-state index in [1.54, 1.807) is 14.2 Å². The third-order valence-electron chi connectivity index (χ3n) is 4.96. The van der Waals surface area contributed by atoms with Gasteiger partial charge < -0.3 is 25.0 Å². The molecule has 4 aromatic rings. The van der Waals surface area contributed by atoms with Gasteiger partial charge in [-0.3, -0.25) is 0 Å². The van der Waals surface area contributed by atoms with Crippen molar-refractivity contribution in [2.75, 3.05) is 36.8 Å². The van der Waals surface area contributed by atoms with Gasteiger partial charge in [0, 0.05) is 35.6 Å². The fourth-order valence-electron chi connectivity index (χ4n) is 3.37. The summed E-state index contributed by atoms with van der Waals surface area (Å²) in [6.07, 6.45) is 1.51. The first-order valence-electron chi connectivity index (χ1n) is 9.92. The number of fused-ring (bicyclic) bond motifs is 1. The van der Waals surface area contributed by atoms with Crippen molar-refractivity contribution in [3.63, 3.8) is 0 Å². The van der Waals surface area contributed by atoms with Crippen LogP contribution >= 0.6 is 0 Å². The first kappa shape index (κ1) is 20.9. The minimum atomic E-state index is -0.319. The molecule has 8 nitrogen and oxygen atoms in total. The zero-order valence-electron chi connectivity index (χ0n) is 18.0. The van der Waals surface area contributed by atoms with Crippen LogP contribution in [0.3, 0.4) is 0 Å². The van der Waals surface area contributed by atoms with Gasteiger partial charge in [0.15, 0.2) is 11.5 Å². The number of ether oxygens (including phenoxy) is 2. The highest BCUT2D eigenvalue weighted by atomic mass is 16.5. The minimum Gasteiger partial charge on any atom is -0.493 e. The second-order valence-electron chi connectivity index (χ2n) is 6.98. The summed E-state index contributed by atoms with van der Waals surface area (Å²) in [6.45, 7) is 0. The molecule has 0 spiro atoms. The molecule has 0 unspecified atom stereocenters. The summed E-state index contributed by atoms with van der Waals surface area (Å²) < 4.78 is 10.8. The van der Waals surface area contributed by atoms with E-state index < -0.39 is 0 Å². The molecule has 1 heterocycles. The van der Waals surface area contributed by atoms with Crippen LogP contribution in [-0.2, 0) is 0 Å². The molecule has 0 saturated carbocycles. The standard InChI is InChI=1S/C24H23N5O3/c1-29(23-19-13-21(31-2)22(32-3)14-20(19)25-15-26-23)18-11-7-10-17(12-18)28-24(30)27-16-8-5-4-6-9-16/h4-15H,1-3H3,(H2,27,28,30). The number of methoxy groups -OCH3 is 2. The molecule has 0 saturated heterocycles. The van der Waals surface area contributed by atoms with Crippen molar-refractivity contribution in [1.29, 1.82) is 0 Å². The van der Waals surface area contributed by atoms with E-state index in [2.05, 4.69) is 20.6 Å². The average molecular weight is 429 g/mol. The van der Waals surface area contributed by atoms with Gasteiger partial charge in [-0.2, -0.15) is 0 Å². The number of aromatic nitrogens is 2. The number of hydrogen-bond donors (Lipinski definition) is 2. The Morgan fingerprint density at radius 2 is 1.53 bits per heavy atom. The van der Waals surface area contributed by atoms with E-state index in [9.17, 15) is 4.79 Å². The molecule has 3 aromatic carbocycles. The minimum absolute atomic E-state index is 0.319. The summed E-state index contributed by atoms with van der Waals surface area (Å²) in [5.41, 5.74) is 2.95. The van der Waals surface area contributed by atoms with Crippen LogP contribution < -0.4 is 25.0 Å². The monoisotopic (exact) mass is 429 g/mol. The Kier molecular flexibility index (Phi) is 6.03. The predicted octanol–water partition coefficient (Wildman–Crippen LogP) is 5.06. The summed E-state index contributed by atoms with van der Waals surface area (Å²) >= 11 is 0. The Labute approximate surface area is 185 Å². The van der Waals surface area contributed by atoms with E-state index in [-0.39, 0.29) is 6.03 Å². The Morgan fingerprint density at radius 3 is 2.28 bits per heavy atom. The van der Waals surface area contributed by atoms with Crippen LogP contribution in [0, 0.1) is 0 Å². The lowest BCUT2D eigenvalue weighted by molar-refractivity contribution is 0.262. The number of carbonyl (C=O) groups is 1. The summed E-state index contributed by atoms with van der Waals surface area (Å²) in [5.74, 6) is 1.89. The molecule has 0 radical (unpaired) electrons. The topological polar surface area (TPSA) is 88.6 Å². The van der Waals surface area contributed by atoms with Gasteiger partial charge in [-0.1, -0.05) is 24.3 Å². The second kappa shape index (κ2) is 9.22. The van der Waals surface area contributed by atoms with Gasteiger partial charge in [0.05, 0.1) is 19.7 Å². The number of anilines is 4. The number of para-hydroxylation sites is 1. The van der Waals surface area contributed by atoms with Crippen molar-refractivity contribution >= 4 is 39.8 Å². The van der Waals surface area contributed by atoms with Gasteiger partial charge in [0.25, 0.3) is 0 Å². The molecule has 0 fully saturated rings. The lowest BCUT2D eigenvalue weighted by Gasteiger charge is -2.21. The predicted molar refractivity (Wildman–Crippen MR) is 126 cm³/mol. The van der Waals surface area contributed by atoms with Crippen molar-refractivity contribution in [2.24, 2.45) is 0 Å². The molecule has 1 aromatic heterocycles. The van der Waals surface area contributed by atoms with Gasteiger partial charge in [0.2, 0.25) is 0 Å². The second-order valence-corrected chi connectivity index (χ2v) is 6.98. The van der Waals surface area contributed by atoms with E-state index in [0.717, 1.165) is 22.3 Å². The number of carbonyl (C=O) groups excluding carboxylic acids is 1. The summed E-state index contributed by atoms with van der Waals surface area (Å²) in [4.78, 5) is 23.1. The molecule has 32 heavy (non-hydrogen) atoms. The van der Waals surface area contributed by atoms with Gasteiger partial charge in [-0.15, -0.1) is 0 Å². The van der Waals surface area contributed by atoms with E-state index in [1.807, 2.05) is 78.7 Å². The average Bonchev–Trinajstić information content (AvgIpc) is 2.83. The Morgan fingerprint density at radius 1 is 0.844 bits per heavy atom. The molecular weight excluding hydrogens is 406 g/mol. The van der Waals surface area contributed by atoms with Crippen LogP contribution in [0.2, 0.25) is 0 Å². The van der Waals surface area contributed by atoms with Gasteiger partial charge in [-0.05, 0) is 36.4 Å². The molecule has 4 rings (SSSR count). The van der Waals surface area contributed by atoms with Gasteiger partial charge in [0.1, 0.15) is 12.1 Å². The molecule has 0 bridgehead atoms. The third kappa shape index (κ3) is 4.39. The fraction of sp³-hybridized carbons (Fsp3) is 0.125. The fourth-order valence-corrected chi connectivity index (χ4v) is 3.37. The molecule has 0 aliphatic carbocycles. The smallest absolute Gasteiger partial charge is 0.323 e. The number of urea groups is 1. The van der Waals surface area contributed by atoms with Crippen LogP contribution in [0.1, 0.15) is 0 Å². The number of rotatable bonds is 6. The summed E-state index contributed by atoms with van der Waals surface area (Å²) in [5, 5.41) is 6.48. The first-order chi connectivity index (χ1) is 15.6. The number of nitrogens with one attached hydrogen (secondary N) is 2. The highest BCUT2D eigenvalue weighted by Gasteiger charge is 2.15. The highest BCUT2D eigenvalue weighted by molar-refractivity contribution is 6.00. The molecule has 0 atom stereocenters. The Hall–Kier alpha value is -4.33. The molecule has 0 aliphatic rings. The zero-order chi connectivity index (χ0) is 22.5. The van der Waals surface area contributed by atoms with E-state index in [0.29, 0.717) is 23.0 Å². The molecule has 8 heteroatoms. The quantitative estimate of drug-likeness (QED) is 0.445. The van der Waals surface area contributed by atoms with Crippen molar-refractivity contribution in [2.45, 2.75) is 0 Å². The van der Waals surface area contributed by atoms with Crippen molar-refractivity contribution in [3.05, 3.63) is 73.1 Å². The summed E-state index contributed by atoms with van der Waals surface area (Å²) in [6, 6.07) is 20.1. The number of hydrogen-bond acceptors (Lipinski definition) is 6. The van der Waals surface area contributed by atoms with Crippen LogP contribution in [-0.4, -0.2) is 37.3 Å². The van der Waals surface area contributed by atoms with E-state index >= 15 is 0 Å². The van der Waals surface area contributed by atoms with Gasteiger partial charge >= 0.3 is 6.03 Å². The molecular formula is C24H23N5O3. The van der Waals surface area contributed by atoms with Gasteiger partial charge in [-0.25, -0.2) is 14.8 Å². The van der Waals surface area contributed by atoms with Crippen molar-refractivity contribution < 1.29 is 14.3 Å². The first-order valence-corrected chi connectivity index (χ1v) is 9.92. The molecule has 2 N–H and O–H groups in total. The number of amides is 2. The largest absolute Gasteiger partial charge is 0.493 e. The lowest BCUT2D eigenvalue weighted by atomic mass is 10.2. The Balaban J connectivity index is 1.60. The number of benzene rings is 3. The van der Waals surface area contributed by atoms with Crippen LogP contribution in [0.5, 0.6) is 11.5 Å². The summed E-state index contributed by atoms with van der Waals surface area (Å²) in [7, 11) is 5.08. The molecule has 0 aliphatic heterocycles. The molecule has 162 valence electrons. The highest BCUT2D eigenvalue weighted by Crippen LogP contribution is 2.36. The van der Waals surface area contributed by atoms with Crippen LogP contribution in [0.25, 0.3) is 10.9 Å². The van der Waals surface area contributed by atoms with E-state index in [4.69, 9.17) is 9.47 Å². The maximum absolute atomic E-state index is 12.4.